The number of amides is 1. The lowest BCUT2D eigenvalue weighted by molar-refractivity contribution is -0.124. The molecule has 0 aromatic heterocycles. The maximum absolute atomic E-state index is 12.3. The van der Waals surface area contributed by atoms with Crippen molar-refractivity contribution in [2.24, 2.45) is 5.92 Å². The molecule has 0 spiro atoms. The van der Waals surface area contributed by atoms with E-state index in [1.807, 2.05) is 39.0 Å². The molecule has 1 aromatic carbocycles. The number of para-hydroxylation sites is 2. The molecule has 0 bridgehead atoms. The highest BCUT2D eigenvalue weighted by molar-refractivity contribution is 5.79. The van der Waals surface area contributed by atoms with Crippen molar-refractivity contribution >= 4 is 11.6 Å². The number of nitriles is 1. The van der Waals surface area contributed by atoms with Crippen LogP contribution in [0.4, 0.5) is 5.69 Å². The minimum atomic E-state index is -0.824. The molecule has 1 saturated heterocycles. The van der Waals surface area contributed by atoms with Crippen LogP contribution in [0.25, 0.3) is 0 Å². The molecule has 2 rings (SSSR count). The van der Waals surface area contributed by atoms with E-state index in [4.69, 9.17) is 4.74 Å². The summed E-state index contributed by atoms with van der Waals surface area (Å²) in [6.07, 6.45) is 0. The van der Waals surface area contributed by atoms with Crippen molar-refractivity contribution in [2.45, 2.75) is 33.2 Å². The minimum absolute atomic E-state index is 0.0587. The quantitative estimate of drug-likeness (QED) is 0.810. The highest BCUT2D eigenvalue weighted by atomic mass is 16.5. The lowest BCUT2D eigenvalue weighted by Crippen LogP contribution is -2.54. The van der Waals surface area contributed by atoms with Gasteiger partial charge < -0.3 is 15.0 Å². The van der Waals surface area contributed by atoms with Crippen LogP contribution in [-0.4, -0.2) is 55.7 Å². The zero-order chi connectivity index (χ0) is 19.2. The number of carbonyl (C=O) groups is 1. The Labute approximate surface area is 156 Å². The molecular weight excluding hydrogens is 328 g/mol. The van der Waals surface area contributed by atoms with Gasteiger partial charge in [-0.05, 0) is 31.9 Å². The number of carbonyl (C=O) groups excluding carboxylic acids is 1. The Balaban J connectivity index is 1.89. The second kappa shape index (κ2) is 8.91. The lowest BCUT2D eigenvalue weighted by Gasteiger charge is -2.37. The highest BCUT2D eigenvalue weighted by Crippen LogP contribution is 2.28. The smallest absolute Gasteiger partial charge is 0.235 e. The molecule has 1 atom stereocenters. The maximum atomic E-state index is 12.3. The summed E-state index contributed by atoms with van der Waals surface area (Å²) in [5, 5.41) is 12.2. The fourth-order valence-corrected chi connectivity index (χ4v) is 2.98. The van der Waals surface area contributed by atoms with E-state index >= 15 is 0 Å². The number of ether oxygens (including phenoxy) is 1. The second-order valence-corrected chi connectivity index (χ2v) is 7.18. The Bertz CT molecular complexity index is 647. The molecule has 0 saturated carbocycles. The fraction of sp³-hybridized carbons (Fsp3) is 0.600. The van der Waals surface area contributed by atoms with Gasteiger partial charge in [0, 0.05) is 26.2 Å². The van der Waals surface area contributed by atoms with Crippen LogP contribution in [0.2, 0.25) is 0 Å². The van der Waals surface area contributed by atoms with Gasteiger partial charge in [0.15, 0.2) is 0 Å². The monoisotopic (exact) mass is 358 g/mol. The zero-order valence-corrected chi connectivity index (χ0v) is 16.3. The third-order valence-electron chi connectivity index (χ3n) is 5.03. The van der Waals surface area contributed by atoms with Gasteiger partial charge in [0.1, 0.15) is 11.3 Å². The second-order valence-electron chi connectivity index (χ2n) is 7.18. The first-order valence-electron chi connectivity index (χ1n) is 9.31. The van der Waals surface area contributed by atoms with Gasteiger partial charge in [-0.15, -0.1) is 0 Å². The van der Waals surface area contributed by atoms with Crippen LogP contribution in [0.15, 0.2) is 24.3 Å². The summed E-state index contributed by atoms with van der Waals surface area (Å²) in [5.74, 6) is 0.872. The lowest BCUT2D eigenvalue weighted by atomic mass is 9.90. The van der Waals surface area contributed by atoms with Crippen LogP contribution in [-0.2, 0) is 4.79 Å². The summed E-state index contributed by atoms with van der Waals surface area (Å²) in [6.45, 7) is 11.9. The molecule has 142 valence electrons. The molecule has 26 heavy (non-hydrogen) atoms. The Morgan fingerprint density at radius 3 is 2.54 bits per heavy atom. The van der Waals surface area contributed by atoms with Gasteiger partial charge in [-0.25, -0.2) is 0 Å². The predicted octanol–water partition coefficient (Wildman–Crippen LogP) is 2.26. The van der Waals surface area contributed by atoms with E-state index in [1.165, 1.54) is 0 Å². The van der Waals surface area contributed by atoms with Crippen molar-refractivity contribution in [3.8, 4) is 11.8 Å². The van der Waals surface area contributed by atoms with Gasteiger partial charge in [-0.2, -0.15) is 5.26 Å². The van der Waals surface area contributed by atoms with Crippen LogP contribution in [0.3, 0.4) is 0 Å². The number of nitrogens with zero attached hydrogens (tertiary/aromatic N) is 3. The van der Waals surface area contributed by atoms with Crippen molar-refractivity contribution in [3.63, 3.8) is 0 Å². The molecule has 6 heteroatoms. The molecular formula is C20H30N4O2. The first-order chi connectivity index (χ1) is 12.4. The summed E-state index contributed by atoms with van der Waals surface area (Å²) in [5.41, 5.74) is 0.283. The molecule has 1 fully saturated rings. The number of benzene rings is 1. The Kier molecular flexibility index (Phi) is 6.87. The number of nitrogens with one attached hydrogen (secondary N) is 1. The molecule has 1 unspecified atom stereocenters. The predicted molar refractivity (Wildman–Crippen MR) is 103 cm³/mol. The van der Waals surface area contributed by atoms with Crippen molar-refractivity contribution in [3.05, 3.63) is 24.3 Å². The van der Waals surface area contributed by atoms with Gasteiger partial charge in [0.05, 0.1) is 24.9 Å². The van der Waals surface area contributed by atoms with Gasteiger partial charge in [0.2, 0.25) is 5.91 Å². The van der Waals surface area contributed by atoms with Crippen LogP contribution in [0, 0.1) is 17.2 Å². The Morgan fingerprint density at radius 1 is 1.31 bits per heavy atom. The van der Waals surface area contributed by atoms with Crippen LogP contribution in [0.5, 0.6) is 5.75 Å². The van der Waals surface area contributed by atoms with Gasteiger partial charge in [0.25, 0.3) is 0 Å². The number of rotatable bonds is 7. The Morgan fingerprint density at radius 2 is 1.96 bits per heavy atom. The SMILES string of the molecule is CCOc1ccccc1N1CCN(CC(=O)NC(C)(C#N)C(C)C)CC1. The van der Waals surface area contributed by atoms with Crippen LogP contribution >= 0.6 is 0 Å². The van der Waals surface area contributed by atoms with E-state index in [0.29, 0.717) is 13.2 Å². The van der Waals surface area contributed by atoms with E-state index in [2.05, 4.69) is 27.3 Å². The zero-order valence-electron chi connectivity index (χ0n) is 16.3. The molecule has 1 N–H and O–H groups in total. The average molecular weight is 358 g/mol. The third-order valence-corrected chi connectivity index (χ3v) is 5.03. The average Bonchev–Trinajstić information content (AvgIpc) is 2.63. The molecule has 1 aromatic rings. The normalized spacial score (nSPS) is 17.5. The number of hydrogen-bond donors (Lipinski definition) is 1. The van der Waals surface area contributed by atoms with Gasteiger partial charge in [-0.1, -0.05) is 26.0 Å². The molecule has 1 amide bonds. The summed E-state index contributed by atoms with van der Waals surface area (Å²) in [4.78, 5) is 16.8. The topological polar surface area (TPSA) is 68.6 Å². The van der Waals surface area contributed by atoms with Crippen molar-refractivity contribution in [1.29, 1.82) is 5.26 Å². The van der Waals surface area contributed by atoms with Crippen molar-refractivity contribution < 1.29 is 9.53 Å². The first-order valence-corrected chi connectivity index (χ1v) is 9.31. The standard InChI is InChI=1S/C20H30N4O2/c1-5-26-18-9-7-6-8-17(18)24-12-10-23(11-13-24)14-19(25)22-20(4,15-21)16(2)3/h6-9,16H,5,10-14H2,1-4H3,(H,22,25). The summed E-state index contributed by atoms with van der Waals surface area (Å²) < 4.78 is 5.72. The van der Waals surface area contributed by atoms with Crippen LogP contribution < -0.4 is 15.0 Å². The number of piperazine rings is 1. The van der Waals surface area contributed by atoms with Gasteiger partial charge >= 0.3 is 0 Å². The van der Waals surface area contributed by atoms with Crippen molar-refractivity contribution in [1.82, 2.24) is 10.2 Å². The largest absolute Gasteiger partial charge is 0.492 e. The first kappa shape index (κ1) is 20.1. The molecule has 0 radical (unpaired) electrons. The minimum Gasteiger partial charge on any atom is -0.492 e. The summed E-state index contributed by atoms with van der Waals surface area (Å²) in [6, 6.07) is 10.3. The maximum Gasteiger partial charge on any atom is 0.235 e. The highest BCUT2D eigenvalue weighted by Gasteiger charge is 2.31. The Hall–Kier alpha value is -2.26. The molecule has 1 heterocycles. The molecule has 1 aliphatic rings. The molecule has 1 aliphatic heterocycles. The fourth-order valence-electron chi connectivity index (χ4n) is 2.98. The van der Waals surface area contributed by atoms with E-state index in [9.17, 15) is 10.1 Å². The van der Waals surface area contributed by atoms with E-state index < -0.39 is 5.54 Å². The summed E-state index contributed by atoms with van der Waals surface area (Å²) >= 11 is 0. The van der Waals surface area contributed by atoms with E-state index in [1.54, 1.807) is 6.92 Å². The van der Waals surface area contributed by atoms with Crippen LogP contribution in [0.1, 0.15) is 27.7 Å². The molecule has 0 aliphatic carbocycles. The van der Waals surface area contributed by atoms with E-state index in [-0.39, 0.29) is 11.8 Å². The van der Waals surface area contributed by atoms with Crippen molar-refractivity contribution in [2.75, 3.05) is 44.2 Å². The molecule has 6 nitrogen and oxygen atoms in total. The third kappa shape index (κ3) is 4.89. The number of anilines is 1. The number of hydrogen-bond acceptors (Lipinski definition) is 5. The van der Waals surface area contributed by atoms with E-state index in [0.717, 1.165) is 37.6 Å². The summed E-state index contributed by atoms with van der Waals surface area (Å²) in [7, 11) is 0. The van der Waals surface area contributed by atoms with Gasteiger partial charge in [-0.3, -0.25) is 9.69 Å².